The van der Waals surface area contributed by atoms with Crippen molar-refractivity contribution < 1.29 is 29.0 Å². The van der Waals surface area contributed by atoms with Gasteiger partial charge >= 0.3 is 11.9 Å². The highest BCUT2D eigenvalue weighted by Gasteiger charge is 2.31. The highest BCUT2D eigenvalue weighted by molar-refractivity contribution is 7.17. The van der Waals surface area contributed by atoms with E-state index >= 15 is 0 Å². The van der Waals surface area contributed by atoms with Crippen LogP contribution in [0, 0.1) is 0 Å². The fourth-order valence-corrected chi connectivity index (χ4v) is 4.35. The van der Waals surface area contributed by atoms with Crippen molar-refractivity contribution in [2.24, 2.45) is 0 Å². The number of carbonyl (C=O) groups is 4. The summed E-state index contributed by atoms with van der Waals surface area (Å²) in [4.78, 5) is 54.6. The molecular weight excluding hydrogens is 398 g/mol. The minimum absolute atomic E-state index is 0.0769. The number of thiophene rings is 1. The molecule has 0 aliphatic carbocycles. The van der Waals surface area contributed by atoms with Crippen LogP contribution in [0.15, 0.2) is 18.3 Å². The van der Waals surface area contributed by atoms with E-state index in [1.807, 2.05) is 0 Å². The Morgan fingerprint density at radius 2 is 2.10 bits per heavy atom. The second-order valence-electron chi connectivity index (χ2n) is 6.28. The summed E-state index contributed by atoms with van der Waals surface area (Å²) in [6.07, 6.45) is 1.77. The molecule has 0 unspecified atom stereocenters. The first-order valence-electron chi connectivity index (χ1n) is 8.90. The van der Waals surface area contributed by atoms with Crippen LogP contribution in [0.3, 0.4) is 0 Å². The van der Waals surface area contributed by atoms with Gasteiger partial charge in [-0.25, -0.2) is 9.59 Å². The molecule has 2 aromatic heterocycles. The molecule has 0 fully saturated rings. The van der Waals surface area contributed by atoms with Gasteiger partial charge in [-0.3, -0.25) is 14.6 Å². The molecule has 2 N–H and O–H groups in total. The average molecular weight is 417 g/mol. The SMILES string of the molecule is CCOC(=O)c1c(NC(=O)c2ncccc2C(=O)O)sc2c1CCN(C(C)=O)C2. The smallest absolute Gasteiger partial charge is 0.341 e. The number of carboxylic acid groups (broad SMARTS) is 1. The van der Waals surface area contributed by atoms with Crippen LogP contribution in [0.1, 0.15) is 55.5 Å². The van der Waals surface area contributed by atoms with Gasteiger partial charge in [0.2, 0.25) is 5.91 Å². The largest absolute Gasteiger partial charge is 0.478 e. The molecule has 9 nitrogen and oxygen atoms in total. The van der Waals surface area contributed by atoms with E-state index in [1.165, 1.54) is 36.6 Å². The molecule has 0 radical (unpaired) electrons. The van der Waals surface area contributed by atoms with Crippen molar-refractivity contribution in [3.8, 4) is 0 Å². The lowest BCUT2D eigenvalue weighted by molar-refractivity contribution is -0.129. The monoisotopic (exact) mass is 417 g/mol. The number of amides is 2. The highest BCUT2D eigenvalue weighted by Crippen LogP contribution is 2.38. The number of aromatic nitrogens is 1. The molecule has 1 aliphatic heterocycles. The number of pyridine rings is 1. The number of esters is 1. The summed E-state index contributed by atoms with van der Waals surface area (Å²) in [5.41, 5.74) is 0.482. The van der Waals surface area contributed by atoms with Crippen molar-refractivity contribution in [1.82, 2.24) is 9.88 Å². The Morgan fingerprint density at radius 3 is 2.76 bits per heavy atom. The van der Waals surface area contributed by atoms with Crippen LogP contribution >= 0.6 is 11.3 Å². The molecule has 0 bridgehead atoms. The lowest BCUT2D eigenvalue weighted by Crippen LogP contribution is -2.34. The fraction of sp³-hybridized carbons (Fsp3) is 0.316. The molecule has 10 heteroatoms. The maximum atomic E-state index is 12.7. The van der Waals surface area contributed by atoms with E-state index in [1.54, 1.807) is 11.8 Å². The average Bonchev–Trinajstić information content (AvgIpc) is 3.04. The lowest BCUT2D eigenvalue weighted by Gasteiger charge is -2.25. The third-order valence-electron chi connectivity index (χ3n) is 4.46. The Hall–Kier alpha value is -3.27. The second-order valence-corrected chi connectivity index (χ2v) is 7.38. The van der Waals surface area contributed by atoms with E-state index in [0.717, 1.165) is 10.4 Å². The van der Waals surface area contributed by atoms with Crippen LogP contribution in [-0.4, -0.2) is 51.9 Å². The summed E-state index contributed by atoms with van der Waals surface area (Å²) in [6.45, 7) is 4.12. The normalized spacial score (nSPS) is 12.8. The molecule has 3 rings (SSSR count). The lowest BCUT2D eigenvalue weighted by atomic mass is 10.0. The molecule has 0 aromatic carbocycles. The number of anilines is 1. The molecule has 0 atom stereocenters. The Kier molecular flexibility index (Phi) is 5.92. The summed E-state index contributed by atoms with van der Waals surface area (Å²) >= 11 is 1.17. The Morgan fingerprint density at radius 1 is 1.34 bits per heavy atom. The molecule has 0 saturated carbocycles. The van der Waals surface area contributed by atoms with Gasteiger partial charge in [-0.15, -0.1) is 11.3 Å². The third kappa shape index (κ3) is 4.11. The van der Waals surface area contributed by atoms with Crippen LogP contribution in [-0.2, 0) is 22.5 Å². The predicted octanol–water partition coefficient (Wildman–Crippen LogP) is 2.17. The van der Waals surface area contributed by atoms with Crippen molar-refractivity contribution >= 4 is 40.1 Å². The van der Waals surface area contributed by atoms with E-state index < -0.39 is 17.8 Å². The van der Waals surface area contributed by atoms with Crippen molar-refractivity contribution in [3.05, 3.63) is 45.6 Å². The van der Waals surface area contributed by atoms with Gasteiger partial charge in [-0.05, 0) is 31.0 Å². The standard InChI is InChI=1S/C19H19N3O6S/c1-3-28-19(27)14-11-6-8-22(10(2)23)9-13(11)29-17(14)21-16(24)15-12(18(25)26)5-4-7-20-15/h4-5,7H,3,6,8-9H2,1-2H3,(H,21,24)(H,25,26). The van der Waals surface area contributed by atoms with Gasteiger partial charge in [-0.2, -0.15) is 0 Å². The van der Waals surface area contributed by atoms with Gasteiger partial charge in [-0.1, -0.05) is 0 Å². The van der Waals surface area contributed by atoms with Crippen LogP contribution in [0.4, 0.5) is 5.00 Å². The second kappa shape index (κ2) is 8.39. The first-order valence-corrected chi connectivity index (χ1v) is 9.72. The van der Waals surface area contributed by atoms with Crippen LogP contribution < -0.4 is 5.32 Å². The van der Waals surface area contributed by atoms with Crippen molar-refractivity contribution in [2.45, 2.75) is 26.8 Å². The predicted molar refractivity (Wildman–Crippen MR) is 104 cm³/mol. The number of carbonyl (C=O) groups excluding carboxylic acids is 3. The number of nitrogens with one attached hydrogen (secondary N) is 1. The van der Waals surface area contributed by atoms with Gasteiger partial charge in [0.1, 0.15) is 10.7 Å². The van der Waals surface area contributed by atoms with E-state index in [0.29, 0.717) is 19.5 Å². The number of fused-ring (bicyclic) bond motifs is 1. The number of nitrogens with zero attached hydrogens (tertiary/aromatic N) is 2. The number of rotatable bonds is 5. The van der Waals surface area contributed by atoms with Gasteiger partial charge in [0.05, 0.1) is 24.3 Å². The Balaban J connectivity index is 1.99. The van der Waals surface area contributed by atoms with E-state index in [2.05, 4.69) is 10.3 Å². The number of aromatic carboxylic acids is 1. The van der Waals surface area contributed by atoms with E-state index in [4.69, 9.17) is 4.74 Å². The molecule has 0 spiro atoms. The molecule has 2 aromatic rings. The zero-order valence-corrected chi connectivity index (χ0v) is 16.7. The number of hydrogen-bond donors (Lipinski definition) is 2. The van der Waals surface area contributed by atoms with E-state index in [9.17, 15) is 24.3 Å². The number of carboxylic acids is 1. The van der Waals surface area contributed by atoms with Gasteiger partial charge in [0.15, 0.2) is 0 Å². The Labute approximate surface area is 170 Å². The molecule has 0 saturated heterocycles. The van der Waals surface area contributed by atoms with Crippen LogP contribution in [0.5, 0.6) is 0 Å². The van der Waals surface area contributed by atoms with Gasteiger partial charge in [0.25, 0.3) is 5.91 Å². The topological polar surface area (TPSA) is 126 Å². The van der Waals surface area contributed by atoms with Crippen molar-refractivity contribution in [3.63, 3.8) is 0 Å². The molecule has 152 valence electrons. The van der Waals surface area contributed by atoms with Crippen LogP contribution in [0.25, 0.3) is 0 Å². The van der Waals surface area contributed by atoms with Crippen LogP contribution in [0.2, 0.25) is 0 Å². The van der Waals surface area contributed by atoms with Crippen molar-refractivity contribution in [1.29, 1.82) is 0 Å². The zero-order valence-electron chi connectivity index (χ0n) is 15.9. The quantitative estimate of drug-likeness (QED) is 0.714. The van der Waals surface area contributed by atoms with Gasteiger partial charge in [0, 0.05) is 24.5 Å². The molecular formula is C19H19N3O6S. The van der Waals surface area contributed by atoms with Crippen molar-refractivity contribution in [2.75, 3.05) is 18.5 Å². The summed E-state index contributed by atoms with van der Waals surface area (Å²) in [5, 5.41) is 12.1. The Bertz CT molecular complexity index is 1000. The summed E-state index contributed by atoms with van der Waals surface area (Å²) in [7, 11) is 0. The summed E-state index contributed by atoms with van der Waals surface area (Å²) in [6, 6.07) is 2.70. The highest BCUT2D eigenvalue weighted by atomic mass is 32.1. The van der Waals surface area contributed by atoms with Gasteiger partial charge < -0.3 is 20.1 Å². The summed E-state index contributed by atoms with van der Waals surface area (Å²) < 4.78 is 5.14. The number of hydrogen-bond acceptors (Lipinski definition) is 7. The minimum atomic E-state index is -1.28. The maximum Gasteiger partial charge on any atom is 0.341 e. The molecule has 1 aliphatic rings. The molecule has 29 heavy (non-hydrogen) atoms. The third-order valence-corrected chi connectivity index (χ3v) is 5.59. The van der Waals surface area contributed by atoms with E-state index in [-0.39, 0.29) is 34.3 Å². The zero-order chi connectivity index (χ0) is 21.1. The molecule has 3 heterocycles. The maximum absolute atomic E-state index is 12.7. The first-order chi connectivity index (χ1) is 13.8. The molecule has 2 amide bonds. The summed E-state index contributed by atoms with van der Waals surface area (Å²) in [5.74, 6) is -2.67. The number of ether oxygens (including phenoxy) is 1. The fourth-order valence-electron chi connectivity index (χ4n) is 3.10. The first kappa shape index (κ1) is 20.5. The minimum Gasteiger partial charge on any atom is -0.478 e.